The van der Waals surface area contributed by atoms with E-state index in [1.807, 2.05) is 61.5 Å². The summed E-state index contributed by atoms with van der Waals surface area (Å²) < 4.78 is 35.1. The number of ether oxygens (including phenoxy) is 1. The molecule has 0 unspecified atom stereocenters. The van der Waals surface area contributed by atoms with Gasteiger partial charge in [0.2, 0.25) is 11.8 Å². The minimum atomic E-state index is -4.22. The lowest BCUT2D eigenvalue weighted by Crippen LogP contribution is -2.55. The number of benzene rings is 4. The van der Waals surface area contributed by atoms with Crippen molar-refractivity contribution < 1.29 is 22.7 Å². The van der Waals surface area contributed by atoms with Crippen molar-refractivity contribution in [3.05, 3.63) is 126 Å². The molecule has 1 N–H and O–H groups in total. The summed E-state index contributed by atoms with van der Waals surface area (Å²) in [6.45, 7) is 1.56. The van der Waals surface area contributed by atoms with Crippen LogP contribution >= 0.6 is 0 Å². The van der Waals surface area contributed by atoms with Gasteiger partial charge in [-0.2, -0.15) is 0 Å². The van der Waals surface area contributed by atoms with Gasteiger partial charge in [0, 0.05) is 19.0 Å². The first-order valence-electron chi connectivity index (χ1n) is 16.2. The Kier molecular flexibility index (Phi) is 11.3. The number of methoxy groups -OCH3 is 1. The van der Waals surface area contributed by atoms with Crippen molar-refractivity contribution in [3.63, 3.8) is 0 Å². The molecular formula is C38H43N3O5S. The fourth-order valence-electron chi connectivity index (χ4n) is 6.17. The number of carbonyl (C=O) groups is 2. The lowest BCUT2D eigenvalue weighted by atomic mass is 9.94. The first-order valence-corrected chi connectivity index (χ1v) is 17.6. The van der Waals surface area contributed by atoms with Crippen molar-refractivity contribution in [2.24, 2.45) is 0 Å². The van der Waals surface area contributed by atoms with Gasteiger partial charge in [0.15, 0.2) is 0 Å². The van der Waals surface area contributed by atoms with Gasteiger partial charge in [0.1, 0.15) is 18.3 Å². The number of para-hydroxylation sites is 2. The molecule has 0 aromatic heterocycles. The van der Waals surface area contributed by atoms with Crippen molar-refractivity contribution in [1.82, 2.24) is 10.2 Å². The van der Waals surface area contributed by atoms with Crippen LogP contribution in [0.5, 0.6) is 5.75 Å². The van der Waals surface area contributed by atoms with Gasteiger partial charge >= 0.3 is 0 Å². The van der Waals surface area contributed by atoms with Crippen LogP contribution < -0.4 is 14.4 Å². The van der Waals surface area contributed by atoms with E-state index in [1.165, 1.54) is 19.2 Å². The van der Waals surface area contributed by atoms with E-state index in [-0.39, 0.29) is 35.5 Å². The summed E-state index contributed by atoms with van der Waals surface area (Å²) in [6.07, 6.45) is 5.31. The number of aryl methyl sites for hydroxylation is 1. The third-order valence-electron chi connectivity index (χ3n) is 8.62. The van der Waals surface area contributed by atoms with Crippen LogP contribution in [0.2, 0.25) is 0 Å². The molecular weight excluding hydrogens is 611 g/mol. The second-order valence-electron chi connectivity index (χ2n) is 12.1. The van der Waals surface area contributed by atoms with Crippen LogP contribution in [-0.4, -0.2) is 50.9 Å². The van der Waals surface area contributed by atoms with Crippen molar-refractivity contribution in [3.8, 4) is 5.75 Å². The second kappa shape index (κ2) is 15.8. The molecule has 0 radical (unpaired) electrons. The second-order valence-corrected chi connectivity index (χ2v) is 13.9. The average molecular weight is 654 g/mol. The lowest BCUT2D eigenvalue weighted by molar-refractivity contribution is -0.140. The maximum absolute atomic E-state index is 14.7. The molecule has 8 nitrogen and oxygen atoms in total. The van der Waals surface area contributed by atoms with Gasteiger partial charge in [0.25, 0.3) is 10.0 Å². The molecule has 47 heavy (non-hydrogen) atoms. The normalized spacial score (nSPS) is 14.2. The third-order valence-corrected chi connectivity index (χ3v) is 10.4. The Balaban J connectivity index is 1.58. The van der Waals surface area contributed by atoms with Crippen LogP contribution in [0.4, 0.5) is 5.69 Å². The average Bonchev–Trinajstić information content (AvgIpc) is 3.10. The Morgan fingerprint density at radius 3 is 2.15 bits per heavy atom. The molecule has 5 rings (SSSR count). The number of anilines is 1. The zero-order chi connectivity index (χ0) is 33.2. The molecule has 0 spiro atoms. The number of rotatable bonds is 13. The molecule has 4 aromatic carbocycles. The number of hydrogen-bond acceptors (Lipinski definition) is 5. The van der Waals surface area contributed by atoms with Gasteiger partial charge < -0.3 is 15.0 Å². The summed E-state index contributed by atoms with van der Waals surface area (Å²) in [5.41, 5.74) is 2.99. The minimum absolute atomic E-state index is 0.0361. The Morgan fingerprint density at radius 2 is 1.47 bits per heavy atom. The smallest absolute Gasteiger partial charge is 0.264 e. The first kappa shape index (κ1) is 33.7. The molecule has 9 heteroatoms. The predicted molar refractivity (Wildman–Crippen MR) is 185 cm³/mol. The SMILES string of the molecule is COc1ccccc1N(CC(=O)N(Cc1cccc(C)c1)[C@H](Cc1ccccc1)C(=O)NC1CCCCC1)S(=O)(=O)c1ccccc1. The molecule has 1 fully saturated rings. The van der Waals surface area contributed by atoms with Gasteiger partial charge in [-0.1, -0.05) is 110 Å². The zero-order valence-corrected chi connectivity index (χ0v) is 27.9. The van der Waals surface area contributed by atoms with Crippen LogP contribution in [0.15, 0.2) is 114 Å². The summed E-state index contributed by atoms with van der Waals surface area (Å²) in [7, 11) is -2.76. The van der Waals surface area contributed by atoms with E-state index in [1.54, 1.807) is 47.4 Å². The Labute approximate surface area is 278 Å². The predicted octanol–water partition coefficient (Wildman–Crippen LogP) is 6.29. The third kappa shape index (κ3) is 8.60. The van der Waals surface area contributed by atoms with Crippen LogP contribution in [-0.2, 0) is 32.6 Å². The van der Waals surface area contributed by atoms with Gasteiger partial charge in [-0.3, -0.25) is 13.9 Å². The van der Waals surface area contributed by atoms with Crippen LogP contribution in [0.3, 0.4) is 0 Å². The number of nitrogens with one attached hydrogen (secondary N) is 1. The summed E-state index contributed by atoms with van der Waals surface area (Å²) in [5, 5.41) is 3.25. The van der Waals surface area contributed by atoms with E-state index in [0.29, 0.717) is 5.75 Å². The van der Waals surface area contributed by atoms with Crippen molar-refractivity contribution in [2.45, 2.75) is 69.0 Å². The highest BCUT2D eigenvalue weighted by molar-refractivity contribution is 7.92. The topological polar surface area (TPSA) is 96.0 Å². The largest absolute Gasteiger partial charge is 0.495 e. The molecule has 1 aliphatic carbocycles. The van der Waals surface area contributed by atoms with Crippen LogP contribution in [0.1, 0.15) is 48.8 Å². The Morgan fingerprint density at radius 1 is 0.830 bits per heavy atom. The van der Waals surface area contributed by atoms with Crippen LogP contribution in [0.25, 0.3) is 0 Å². The number of sulfonamides is 1. The standard InChI is InChI=1S/C38H43N3O5S/c1-29-15-14-18-31(25-29)27-40(35(26-30-16-6-3-7-17-30)38(43)39-32-19-8-4-9-20-32)37(42)28-41(34-23-12-13-24-36(34)46-2)47(44,45)33-21-10-5-11-22-33/h3,5-7,10-18,21-25,32,35H,4,8-9,19-20,26-28H2,1-2H3,(H,39,43)/t35-/m1/s1. The molecule has 0 saturated heterocycles. The fourth-order valence-corrected chi connectivity index (χ4v) is 7.62. The maximum atomic E-state index is 14.7. The minimum Gasteiger partial charge on any atom is -0.495 e. The summed E-state index contributed by atoms with van der Waals surface area (Å²) >= 11 is 0. The number of hydrogen-bond donors (Lipinski definition) is 1. The fraction of sp³-hybridized carbons (Fsp3) is 0.316. The molecule has 1 aliphatic rings. The highest BCUT2D eigenvalue weighted by atomic mass is 32.2. The number of carbonyl (C=O) groups excluding carboxylic acids is 2. The maximum Gasteiger partial charge on any atom is 0.264 e. The highest BCUT2D eigenvalue weighted by Gasteiger charge is 2.36. The molecule has 4 aromatic rings. The van der Waals surface area contributed by atoms with Crippen molar-refractivity contribution in [2.75, 3.05) is 18.0 Å². The molecule has 0 heterocycles. The van der Waals surface area contributed by atoms with Gasteiger partial charge in [-0.15, -0.1) is 0 Å². The highest BCUT2D eigenvalue weighted by Crippen LogP contribution is 2.32. The van der Waals surface area contributed by atoms with Gasteiger partial charge in [-0.05, 0) is 55.2 Å². The first-order chi connectivity index (χ1) is 22.8. The molecule has 0 bridgehead atoms. The van der Waals surface area contributed by atoms with E-state index in [2.05, 4.69) is 5.32 Å². The number of amides is 2. The van der Waals surface area contributed by atoms with Crippen LogP contribution in [0, 0.1) is 6.92 Å². The van der Waals surface area contributed by atoms with Gasteiger partial charge in [-0.25, -0.2) is 8.42 Å². The summed E-state index contributed by atoms with van der Waals surface area (Å²) in [6, 6.07) is 31.3. The Bertz CT molecular complexity index is 1740. The summed E-state index contributed by atoms with van der Waals surface area (Å²) in [4.78, 5) is 30.5. The molecule has 0 aliphatic heterocycles. The monoisotopic (exact) mass is 653 g/mol. The van der Waals surface area contributed by atoms with Crippen molar-refractivity contribution >= 4 is 27.5 Å². The van der Waals surface area contributed by atoms with E-state index >= 15 is 0 Å². The molecule has 2 amide bonds. The molecule has 1 atom stereocenters. The zero-order valence-electron chi connectivity index (χ0n) is 27.0. The quantitative estimate of drug-likeness (QED) is 0.183. The Hall–Kier alpha value is -4.63. The number of nitrogens with zero attached hydrogens (tertiary/aromatic N) is 2. The van der Waals surface area contributed by atoms with Gasteiger partial charge in [0.05, 0.1) is 17.7 Å². The molecule has 246 valence electrons. The van der Waals surface area contributed by atoms with Crippen molar-refractivity contribution in [1.29, 1.82) is 0 Å². The van der Waals surface area contributed by atoms with E-state index in [4.69, 9.17) is 4.74 Å². The van der Waals surface area contributed by atoms with E-state index < -0.39 is 28.5 Å². The van der Waals surface area contributed by atoms with E-state index in [9.17, 15) is 18.0 Å². The lowest BCUT2D eigenvalue weighted by Gasteiger charge is -2.35. The summed E-state index contributed by atoms with van der Waals surface area (Å²) in [5.74, 6) is -0.436. The molecule has 1 saturated carbocycles. The van der Waals surface area contributed by atoms with E-state index in [0.717, 1.165) is 53.1 Å².